The Morgan fingerprint density at radius 3 is 2.50 bits per heavy atom. The van der Waals surface area contributed by atoms with Crippen molar-refractivity contribution >= 4 is 11.7 Å². The molecule has 0 radical (unpaired) electrons. The first-order valence-electron chi connectivity index (χ1n) is 11.9. The number of aryl methyl sites for hydroxylation is 1. The first kappa shape index (κ1) is 23.8. The van der Waals surface area contributed by atoms with Gasteiger partial charge in [0.2, 0.25) is 5.91 Å². The molecule has 1 aliphatic rings. The summed E-state index contributed by atoms with van der Waals surface area (Å²) >= 11 is 0. The summed E-state index contributed by atoms with van der Waals surface area (Å²) < 4.78 is 5.81. The predicted molar refractivity (Wildman–Crippen MR) is 136 cm³/mol. The smallest absolute Gasteiger partial charge is 0.240 e. The van der Waals surface area contributed by atoms with Gasteiger partial charge in [0.15, 0.2) is 0 Å². The van der Waals surface area contributed by atoms with Gasteiger partial charge in [0, 0.05) is 25.2 Å². The van der Waals surface area contributed by atoms with E-state index in [1.165, 1.54) is 11.1 Å². The molecule has 2 N–H and O–H groups in total. The molecule has 3 aromatic rings. The van der Waals surface area contributed by atoms with Gasteiger partial charge in [-0.1, -0.05) is 60.2 Å². The molecule has 1 atom stereocenters. The van der Waals surface area contributed by atoms with E-state index in [0.717, 1.165) is 30.1 Å². The first-order valence-corrected chi connectivity index (χ1v) is 11.9. The Balaban J connectivity index is 1.23. The molecule has 1 unspecified atom stereocenters. The lowest BCUT2D eigenvalue weighted by molar-refractivity contribution is -0.130. The topological polar surface area (TPSA) is 66.5 Å². The van der Waals surface area contributed by atoms with Crippen molar-refractivity contribution < 1.29 is 9.53 Å². The molecule has 1 fully saturated rings. The second-order valence-electron chi connectivity index (χ2n) is 9.62. The maximum atomic E-state index is 12.9. The van der Waals surface area contributed by atoms with Crippen molar-refractivity contribution in [1.82, 2.24) is 15.2 Å². The Bertz CT molecular complexity index is 1070. The number of nitrogens with zero attached hydrogens (tertiary/aromatic N) is 2. The van der Waals surface area contributed by atoms with Gasteiger partial charge in [-0.3, -0.25) is 10.1 Å². The summed E-state index contributed by atoms with van der Waals surface area (Å²) in [6.45, 7) is 8.89. The van der Waals surface area contributed by atoms with E-state index in [-0.39, 0.29) is 17.5 Å². The highest BCUT2D eigenvalue weighted by molar-refractivity contribution is 5.84. The van der Waals surface area contributed by atoms with Gasteiger partial charge in [-0.25, -0.2) is 4.98 Å². The second-order valence-corrected chi connectivity index (χ2v) is 9.62. The molecule has 6 heteroatoms. The van der Waals surface area contributed by atoms with Crippen molar-refractivity contribution in [3.63, 3.8) is 0 Å². The molecule has 0 bridgehead atoms. The molecule has 2 aromatic carbocycles. The third-order valence-electron chi connectivity index (χ3n) is 6.05. The number of ether oxygens (including phenoxy) is 1. The van der Waals surface area contributed by atoms with Gasteiger partial charge in [-0.2, -0.15) is 0 Å². The van der Waals surface area contributed by atoms with Crippen LogP contribution in [0.25, 0.3) is 0 Å². The molecular formula is C28H34N4O2. The summed E-state index contributed by atoms with van der Waals surface area (Å²) in [6.07, 6.45) is 2.55. The highest BCUT2D eigenvalue weighted by Gasteiger charge is 2.35. The largest absolute Gasteiger partial charge is 0.487 e. The van der Waals surface area contributed by atoms with Crippen LogP contribution in [0.2, 0.25) is 0 Å². The van der Waals surface area contributed by atoms with Crippen molar-refractivity contribution in [2.45, 2.75) is 51.9 Å². The molecule has 0 saturated carbocycles. The second kappa shape index (κ2) is 10.7. The van der Waals surface area contributed by atoms with E-state index in [1.54, 1.807) is 6.20 Å². The van der Waals surface area contributed by atoms with E-state index in [4.69, 9.17) is 4.74 Å². The van der Waals surface area contributed by atoms with E-state index < -0.39 is 0 Å². The molecule has 1 amide bonds. The highest BCUT2D eigenvalue weighted by Crippen LogP contribution is 2.19. The molecule has 4 rings (SSSR count). The van der Waals surface area contributed by atoms with Crippen LogP contribution in [-0.4, -0.2) is 40.5 Å². The van der Waals surface area contributed by atoms with Gasteiger partial charge < -0.3 is 15.0 Å². The quantitative estimate of drug-likeness (QED) is 0.467. The van der Waals surface area contributed by atoms with Crippen LogP contribution >= 0.6 is 0 Å². The lowest BCUT2D eigenvalue weighted by Gasteiger charge is -2.30. The van der Waals surface area contributed by atoms with Crippen LogP contribution in [0.4, 0.5) is 5.82 Å². The fourth-order valence-corrected chi connectivity index (χ4v) is 4.09. The summed E-state index contributed by atoms with van der Waals surface area (Å²) in [5.74, 6) is 1.68. The molecular weight excluding hydrogens is 424 g/mol. The Labute approximate surface area is 202 Å². The van der Waals surface area contributed by atoms with Crippen molar-refractivity contribution in [3.8, 4) is 5.75 Å². The maximum absolute atomic E-state index is 12.9. The zero-order valence-corrected chi connectivity index (χ0v) is 20.3. The zero-order valence-electron chi connectivity index (χ0n) is 20.3. The number of aromatic nitrogens is 1. The summed E-state index contributed by atoms with van der Waals surface area (Å²) in [7, 11) is 0. The Morgan fingerprint density at radius 2 is 1.79 bits per heavy atom. The van der Waals surface area contributed by atoms with Crippen LogP contribution in [-0.2, 0) is 17.9 Å². The number of benzene rings is 2. The van der Waals surface area contributed by atoms with Crippen LogP contribution < -0.4 is 15.4 Å². The fourth-order valence-electron chi connectivity index (χ4n) is 4.09. The number of carbonyl (C=O) groups excluding carboxylic acids is 1. The lowest BCUT2D eigenvalue weighted by Crippen LogP contribution is -2.52. The molecule has 6 nitrogen and oxygen atoms in total. The molecule has 1 aliphatic heterocycles. The third-order valence-corrected chi connectivity index (χ3v) is 6.05. The Hall–Kier alpha value is -3.38. The van der Waals surface area contributed by atoms with Crippen LogP contribution in [0.3, 0.4) is 0 Å². The normalized spacial score (nSPS) is 16.0. The number of hydrogen-bond acceptors (Lipinski definition) is 5. The summed E-state index contributed by atoms with van der Waals surface area (Å²) in [5, 5.41) is 6.92. The monoisotopic (exact) mass is 458 g/mol. The van der Waals surface area contributed by atoms with Gasteiger partial charge in [0.1, 0.15) is 18.2 Å². The van der Waals surface area contributed by atoms with E-state index >= 15 is 0 Å². The summed E-state index contributed by atoms with van der Waals surface area (Å²) in [5.41, 5.74) is 3.25. The van der Waals surface area contributed by atoms with E-state index in [2.05, 4.69) is 60.7 Å². The van der Waals surface area contributed by atoms with Crippen molar-refractivity contribution in [2.75, 3.05) is 18.4 Å². The molecule has 34 heavy (non-hydrogen) atoms. The maximum Gasteiger partial charge on any atom is 0.240 e. The minimum Gasteiger partial charge on any atom is -0.487 e. The number of pyridine rings is 1. The van der Waals surface area contributed by atoms with Gasteiger partial charge in [0.05, 0.1) is 12.2 Å². The molecule has 0 spiro atoms. The number of amides is 1. The van der Waals surface area contributed by atoms with Gasteiger partial charge in [0.25, 0.3) is 0 Å². The Morgan fingerprint density at radius 1 is 1.03 bits per heavy atom. The molecule has 178 valence electrons. The van der Waals surface area contributed by atoms with E-state index in [0.29, 0.717) is 19.7 Å². The van der Waals surface area contributed by atoms with Gasteiger partial charge in [-0.15, -0.1) is 0 Å². The van der Waals surface area contributed by atoms with E-state index in [1.807, 2.05) is 47.4 Å². The molecule has 2 heterocycles. The van der Waals surface area contributed by atoms with Crippen LogP contribution in [0.15, 0.2) is 72.9 Å². The van der Waals surface area contributed by atoms with Gasteiger partial charge in [-0.05, 0) is 50.5 Å². The standard InChI is InChI=1S/C28H34N4O2/c1-21-9-11-22(12-10-21)18-32-16-15-25(27(32)33)31-28(2,3)20-30-26-14-13-24(17-29-26)34-19-23-7-5-4-6-8-23/h4-14,17,25,31H,15-16,18-20H2,1-3H3,(H,29,30). The minimum absolute atomic E-state index is 0.163. The predicted octanol–water partition coefficient (Wildman–Crippen LogP) is 4.55. The number of carbonyl (C=O) groups is 1. The molecule has 1 saturated heterocycles. The lowest BCUT2D eigenvalue weighted by atomic mass is 10.0. The Kier molecular flexibility index (Phi) is 7.48. The average Bonchev–Trinajstić information content (AvgIpc) is 3.17. The fraction of sp³-hybridized carbons (Fsp3) is 0.357. The van der Waals surface area contributed by atoms with Crippen LogP contribution in [0.1, 0.15) is 37.0 Å². The van der Waals surface area contributed by atoms with Crippen molar-refractivity contribution in [2.24, 2.45) is 0 Å². The van der Waals surface area contributed by atoms with E-state index in [9.17, 15) is 4.79 Å². The van der Waals surface area contributed by atoms with Crippen molar-refractivity contribution in [1.29, 1.82) is 0 Å². The molecule has 1 aromatic heterocycles. The summed E-state index contributed by atoms with van der Waals surface area (Å²) in [4.78, 5) is 19.4. The minimum atomic E-state index is -0.273. The number of hydrogen-bond donors (Lipinski definition) is 2. The number of likely N-dealkylation sites (tertiary alicyclic amines) is 1. The molecule has 0 aliphatic carbocycles. The number of nitrogens with one attached hydrogen (secondary N) is 2. The number of anilines is 1. The first-order chi connectivity index (χ1) is 16.4. The van der Waals surface area contributed by atoms with Crippen LogP contribution in [0, 0.1) is 6.92 Å². The zero-order chi connectivity index (χ0) is 24.0. The third kappa shape index (κ3) is 6.58. The average molecular weight is 459 g/mol. The summed E-state index contributed by atoms with van der Waals surface area (Å²) in [6, 6.07) is 22.1. The number of rotatable bonds is 10. The SMILES string of the molecule is Cc1ccc(CN2CCC(NC(C)(C)CNc3ccc(OCc4ccccc4)cn3)C2=O)cc1. The van der Waals surface area contributed by atoms with Crippen molar-refractivity contribution in [3.05, 3.63) is 89.6 Å². The highest BCUT2D eigenvalue weighted by atomic mass is 16.5. The van der Waals surface area contributed by atoms with Gasteiger partial charge >= 0.3 is 0 Å². The van der Waals surface area contributed by atoms with Crippen LogP contribution in [0.5, 0.6) is 5.75 Å².